The number of hydrogen-bond acceptors (Lipinski definition) is 2. The average Bonchev–Trinajstić information content (AvgIpc) is 2.20. The molecule has 0 saturated carbocycles. The molecule has 2 nitrogen and oxygen atoms in total. The van der Waals surface area contributed by atoms with Gasteiger partial charge in [0.15, 0.2) is 0 Å². The Morgan fingerprint density at radius 3 is 2.64 bits per heavy atom. The molecule has 1 N–H and O–H groups in total. The highest BCUT2D eigenvalue weighted by Gasteiger charge is 1.99. The normalized spacial score (nSPS) is 10.2. The van der Waals surface area contributed by atoms with E-state index in [0.717, 1.165) is 25.0 Å². The molecule has 78 valence electrons. The molecule has 0 aromatic heterocycles. The third-order valence-electron chi connectivity index (χ3n) is 2.40. The molecule has 0 aliphatic carbocycles. The molecular formula is C12H18O2. The predicted molar refractivity (Wildman–Crippen MR) is 57.8 cm³/mol. The molecule has 2 heteroatoms. The lowest BCUT2D eigenvalue weighted by molar-refractivity contribution is 0.284. The first-order valence-corrected chi connectivity index (χ1v) is 5.02. The van der Waals surface area contributed by atoms with Crippen LogP contribution in [0.2, 0.25) is 0 Å². The van der Waals surface area contributed by atoms with E-state index in [2.05, 4.69) is 13.0 Å². The van der Waals surface area contributed by atoms with Gasteiger partial charge in [0.25, 0.3) is 0 Å². The van der Waals surface area contributed by atoms with Crippen LogP contribution in [0, 0.1) is 6.92 Å². The molecule has 0 aliphatic heterocycles. The van der Waals surface area contributed by atoms with Crippen LogP contribution in [0.4, 0.5) is 0 Å². The van der Waals surface area contributed by atoms with Crippen molar-refractivity contribution in [3.05, 3.63) is 29.3 Å². The third-order valence-corrected chi connectivity index (χ3v) is 2.40. The summed E-state index contributed by atoms with van der Waals surface area (Å²) in [7, 11) is 1.68. The maximum Gasteiger partial charge on any atom is 0.119 e. The zero-order valence-electron chi connectivity index (χ0n) is 8.92. The van der Waals surface area contributed by atoms with Crippen LogP contribution in [0.5, 0.6) is 5.75 Å². The van der Waals surface area contributed by atoms with Gasteiger partial charge in [-0.2, -0.15) is 0 Å². The molecule has 14 heavy (non-hydrogen) atoms. The molecule has 0 saturated heterocycles. The third kappa shape index (κ3) is 3.04. The lowest BCUT2D eigenvalue weighted by Gasteiger charge is -2.07. The summed E-state index contributed by atoms with van der Waals surface area (Å²) in [6, 6.07) is 6.14. The van der Waals surface area contributed by atoms with Crippen molar-refractivity contribution in [2.75, 3.05) is 13.7 Å². The fourth-order valence-electron chi connectivity index (χ4n) is 1.50. The second kappa shape index (κ2) is 5.66. The fraction of sp³-hybridized carbons (Fsp3) is 0.500. The molecule has 0 spiro atoms. The summed E-state index contributed by atoms with van der Waals surface area (Å²) < 4.78 is 5.14. The number of aliphatic hydroxyl groups is 1. The van der Waals surface area contributed by atoms with Crippen molar-refractivity contribution >= 4 is 0 Å². The van der Waals surface area contributed by atoms with Gasteiger partial charge in [-0.1, -0.05) is 6.07 Å². The number of unbranched alkanes of at least 4 members (excludes halogenated alkanes) is 1. The second-order valence-electron chi connectivity index (χ2n) is 3.47. The molecule has 0 amide bonds. The highest BCUT2D eigenvalue weighted by atomic mass is 16.5. The lowest BCUT2D eigenvalue weighted by atomic mass is 10.0. The van der Waals surface area contributed by atoms with E-state index < -0.39 is 0 Å². The monoisotopic (exact) mass is 194 g/mol. The first kappa shape index (κ1) is 11.1. The largest absolute Gasteiger partial charge is 0.497 e. The highest BCUT2D eigenvalue weighted by molar-refractivity contribution is 5.34. The number of benzene rings is 1. The van der Waals surface area contributed by atoms with Gasteiger partial charge in [0, 0.05) is 6.61 Å². The summed E-state index contributed by atoms with van der Waals surface area (Å²) in [6.07, 6.45) is 2.96. The highest BCUT2D eigenvalue weighted by Crippen LogP contribution is 2.18. The molecule has 0 atom stereocenters. The Balaban J connectivity index is 2.59. The fourth-order valence-corrected chi connectivity index (χ4v) is 1.50. The van der Waals surface area contributed by atoms with Crippen LogP contribution >= 0.6 is 0 Å². The molecule has 0 aliphatic rings. The van der Waals surface area contributed by atoms with E-state index in [-0.39, 0.29) is 6.61 Å². The van der Waals surface area contributed by atoms with Gasteiger partial charge >= 0.3 is 0 Å². The van der Waals surface area contributed by atoms with Crippen LogP contribution in [0.3, 0.4) is 0 Å². The molecule has 1 aromatic rings. The van der Waals surface area contributed by atoms with Crippen LogP contribution in [0.25, 0.3) is 0 Å². The van der Waals surface area contributed by atoms with Gasteiger partial charge in [0.2, 0.25) is 0 Å². The van der Waals surface area contributed by atoms with E-state index >= 15 is 0 Å². The molecule has 0 unspecified atom stereocenters. The number of aryl methyl sites for hydroxylation is 2. The summed E-state index contributed by atoms with van der Waals surface area (Å²) in [4.78, 5) is 0. The molecular weight excluding hydrogens is 176 g/mol. The average molecular weight is 194 g/mol. The molecule has 1 aromatic carbocycles. The number of ether oxygens (including phenoxy) is 1. The van der Waals surface area contributed by atoms with Gasteiger partial charge in [0.05, 0.1) is 7.11 Å². The van der Waals surface area contributed by atoms with E-state index in [1.54, 1.807) is 7.11 Å². The minimum absolute atomic E-state index is 0.287. The van der Waals surface area contributed by atoms with E-state index in [9.17, 15) is 0 Å². The van der Waals surface area contributed by atoms with Crippen LogP contribution < -0.4 is 4.74 Å². The Kier molecular flexibility index (Phi) is 4.47. The van der Waals surface area contributed by atoms with Crippen molar-refractivity contribution in [3.8, 4) is 5.75 Å². The summed E-state index contributed by atoms with van der Waals surface area (Å²) in [5.41, 5.74) is 2.61. The van der Waals surface area contributed by atoms with Crippen LogP contribution in [-0.4, -0.2) is 18.8 Å². The zero-order chi connectivity index (χ0) is 10.4. The Hall–Kier alpha value is -1.02. The maximum atomic E-state index is 8.68. The molecule has 0 radical (unpaired) electrons. The van der Waals surface area contributed by atoms with Gasteiger partial charge in [-0.3, -0.25) is 0 Å². The van der Waals surface area contributed by atoms with Crippen molar-refractivity contribution < 1.29 is 9.84 Å². The zero-order valence-corrected chi connectivity index (χ0v) is 8.92. The van der Waals surface area contributed by atoms with Crippen LogP contribution in [0.1, 0.15) is 24.0 Å². The Bertz CT molecular complexity index is 282. The SMILES string of the molecule is COc1ccc(CCCCO)c(C)c1. The first-order chi connectivity index (χ1) is 6.77. The Morgan fingerprint density at radius 2 is 2.07 bits per heavy atom. The minimum Gasteiger partial charge on any atom is -0.497 e. The molecule has 1 rings (SSSR count). The summed E-state index contributed by atoms with van der Waals surface area (Å²) in [6.45, 7) is 2.38. The number of aliphatic hydroxyl groups excluding tert-OH is 1. The second-order valence-corrected chi connectivity index (χ2v) is 3.47. The standard InChI is InChI=1S/C12H18O2/c1-10-9-12(14-2)7-6-11(10)5-3-4-8-13/h6-7,9,13H,3-5,8H2,1-2H3. The van der Waals surface area contributed by atoms with Crippen LogP contribution in [0.15, 0.2) is 18.2 Å². The summed E-state index contributed by atoms with van der Waals surface area (Å²) in [5.74, 6) is 0.911. The van der Waals surface area contributed by atoms with E-state index in [0.29, 0.717) is 0 Å². The molecule has 0 heterocycles. The topological polar surface area (TPSA) is 29.5 Å². The van der Waals surface area contributed by atoms with Gasteiger partial charge in [-0.25, -0.2) is 0 Å². The Morgan fingerprint density at radius 1 is 1.29 bits per heavy atom. The van der Waals surface area contributed by atoms with E-state index in [4.69, 9.17) is 9.84 Å². The van der Waals surface area contributed by atoms with Crippen molar-refractivity contribution in [1.29, 1.82) is 0 Å². The van der Waals surface area contributed by atoms with Gasteiger partial charge < -0.3 is 9.84 Å². The van der Waals surface area contributed by atoms with Crippen molar-refractivity contribution in [1.82, 2.24) is 0 Å². The van der Waals surface area contributed by atoms with E-state index in [1.165, 1.54) is 11.1 Å². The minimum atomic E-state index is 0.287. The molecule has 0 fully saturated rings. The summed E-state index contributed by atoms with van der Waals surface area (Å²) in [5, 5.41) is 8.68. The van der Waals surface area contributed by atoms with Gasteiger partial charge in [0.1, 0.15) is 5.75 Å². The van der Waals surface area contributed by atoms with Crippen LogP contribution in [-0.2, 0) is 6.42 Å². The number of rotatable bonds is 5. The lowest BCUT2D eigenvalue weighted by Crippen LogP contribution is -1.93. The quantitative estimate of drug-likeness (QED) is 0.729. The maximum absolute atomic E-state index is 8.68. The predicted octanol–water partition coefficient (Wildman–Crippen LogP) is 2.32. The number of hydrogen-bond donors (Lipinski definition) is 1. The Labute approximate surface area is 85.5 Å². The number of methoxy groups -OCH3 is 1. The molecule has 0 bridgehead atoms. The van der Waals surface area contributed by atoms with Crippen molar-refractivity contribution in [2.24, 2.45) is 0 Å². The van der Waals surface area contributed by atoms with E-state index in [1.807, 2.05) is 12.1 Å². The summed E-state index contributed by atoms with van der Waals surface area (Å²) >= 11 is 0. The first-order valence-electron chi connectivity index (χ1n) is 5.02. The smallest absolute Gasteiger partial charge is 0.119 e. The van der Waals surface area contributed by atoms with Gasteiger partial charge in [-0.05, 0) is 49.4 Å². The van der Waals surface area contributed by atoms with Crippen molar-refractivity contribution in [3.63, 3.8) is 0 Å². The van der Waals surface area contributed by atoms with Crippen molar-refractivity contribution in [2.45, 2.75) is 26.2 Å². The van der Waals surface area contributed by atoms with Gasteiger partial charge in [-0.15, -0.1) is 0 Å².